The number of benzene rings is 3. The summed E-state index contributed by atoms with van der Waals surface area (Å²) in [5.74, 6) is -0.414. The lowest BCUT2D eigenvalue weighted by atomic mass is 10.1. The molecule has 0 spiro atoms. The predicted molar refractivity (Wildman–Crippen MR) is 159 cm³/mol. The maximum Gasteiger partial charge on any atom is 0.293 e. The number of carbonyl (C=O) groups is 3. The predicted octanol–water partition coefficient (Wildman–Crippen LogP) is 7.04. The molecule has 0 atom stereocenters. The molecule has 202 valence electrons. The summed E-state index contributed by atoms with van der Waals surface area (Å²) >= 11 is 9.02. The van der Waals surface area contributed by atoms with Crippen LogP contribution in [0.5, 0.6) is 11.5 Å². The van der Waals surface area contributed by atoms with E-state index in [0.29, 0.717) is 43.5 Å². The number of rotatable bonds is 9. The second-order valence-corrected chi connectivity index (χ2v) is 11.0. The first-order chi connectivity index (χ1) is 18.6. The van der Waals surface area contributed by atoms with E-state index in [4.69, 9.17) is 21.1 Å². The molecule has 3 amide bonds. The van der Waals surface area contributed by atoms with E-state index in [0.717, 1.165) is 22.2 Å². The molecule has 39 heavy (non-hydrogen) atoms. The molecular formula is C28H23ClFIN2O5S. The molecule has 0 saturated carbocycles. The van der Waals surface area contributed by atoms with Crippen LogP contribution in [0.4, 0.5) is 14.9 Å². The average molecular weight is 681 g/mol. The molecule has 1 heterocycles. The summed E-state index contributed by atoms with van der Waals surface area (Å²) < 4.78 is 25.4. The third-order valence-electron chi connectivity index (χ3n) is 5.56. The van der Waals surface area contributed by atoms with Crippen LogP contribution < -0.4 is 14.8 Å². The lowest BCUT2D eigenvalue weighted by molar-refractivity contribution is -0.123. The van der Waals surface area contributed by atoms with Crippen LogP contribution in [0.2, 0.25) is 5.02 Å². The summed E-state index contributed by atoms with van der Waals surface area (Å²) in [6.07, 6.45) is 1.61. The largest absolute Gasteiger partial charge is 0.490 e. The zero-order valence-corrected chi connectivity index (χ0v) is 24.7. The number of hydrogen-bond acceptors (Lipinski definition) is 6. The van der Waals surface area contributed by atoms with Crippen molar-refractivity contribution < 1.29 is 28.2 Å². The van der Waals surface area contributed by atoms with Gasteiger partial charge in [-0.25, -0.2) is 4.39 Å². The van der Waals surface area contributed by atoms with Crippen molar-refractivity contribution in [2.45, 2.75) is 20.4 Å². The fourth-order valence-corrected chi connectivity index (χ4v) is 5.44. The molecule has 0 aliphatic carbocycles. The highest BCUT2D eigenvalue weighted by Crippen LogP contribution is 2.38. The number of halogens is 3. The molecule has 1 N–H and O–H groups in total. The van der Waals surface area contributed by atoms with Crippen LogP contribution in [0, 0.1) is 16.3 Å². The SMILES string of the molecule is CCOc1cc(/C=C2\SC(=O)N(Cc3ccc(F)cc3)C2=O)cc(I)c1OCC(=O)Nc1ccc(C)c(Cl)c1. The van der Waals surface area contributed by atoms with E-state index in [2.05, 4.69) is 27.9 Å². The number of carbonyl (C=O) groups excluding carboxylic acids is 3. The van der Waals surface area contributed by atoms with E-state index in [1.54, 1.807) is 30.3 Å². The molecule has 0 bridgehead atoms. The normalized spacial score (nSPS) is 14.2. The number of imide groups is 1. The highest BCUT2D eigenvalue weighted by atomic mass is 127. The maximum atomic E-state index is 13.2. The number of thioether (sulfide) groups is 1. The van der Waals surface area contributed by atoms with Crippen LogP contribution in [0.1, 0.15) is 23.6 Å². The average Bonchev–Trinajstić information content (AvgIpc) is 3.14. The Morgan fingerprint density at radius 1 is 1.13 bits per heavy atom. The minimum absolute atomic E-state index is 0.0493. The van der Waals surface area contributed by atoms with Gasteiger partial charge in [-0.05, 0) is 107 Å². The summed E-state index contributed by atoms with van der Waals surface area (Å²) in [7, 11) is 0. The van der Waals surface area contributed by atoms with Crippen LogP contribution in [0.25, 0.3) is 6.08 Å². The van der Waals surface area contributed by atoms with Gasteiger partial charge < -0.3 is 14.8 Å². The number of amides is 3. The van der Waals surface area contributed by atoms with Gasteiger partial charge in [0.2, 0.25) is 0 Å². The molecule has 0 aromatic heterocycles. The molecule has 4 rings (SSSR count). The number of anilines is 1. The standard InChI is InChI=1S/C28H23ClFIN2O5S/c1-3-37-23-11-18(12-24-27(35)33(28(36)39-24)14-17-5-7-19(30)8-6-17)10-22(31)26(23)38-15-25(34)32-20-9-4-16(2)21(29)13-20/h4-13H,3,14-15H2,1-2H3,(H,32,34)/b24-12-. The van der Waals surface area contributed by atoms with Crippen molar-refractivity contribution in [1.29, 1.82) is 0 Å². The minimum atomic E-state index is -0.435. The van der Waals surface area contributed by atoms with Gasteiger partial charge in [0, 0.05) is 10.7 Å². The zero-order valence-electron chi connectivity index (χ0n) is 20.9. The van der Waals surface area contributed by atoms with Crippen molar-refractivity contribution in [1.82, 2.24) is 4.90 Å². The second kappa shape index (κ2) is 12.8. The molecule has 1 aliphatic heterocycles. The van der Waals surface area contributed by atoms with Crippen molar-refractivity contribution in [3.05, 3.63) is 90.6 Å². The first kappa shape index (κ1) is 28.9. The quantitative estimate of drug-likeness (QED) is 0.193. The molecule has 11 heteroatoms. The van der Waals surface area contributed by atoms with E-state index < -0.39 is 17.0 Å². The molecule has 1 aliphatic rings. The van der Waals surface area contributed by atoms with Gasteiger partial charge in [-0.1, -0.05) is 29.8 Å². The Hall–Kier alpha value is -3.09. The summed E-state index contributed by atoms with van der Waals surface area (Å²) in [6, 6.07) is 14.3. The lowest BCUT2D eigenvalue weighted by Gasteiger charge is -2.15. The van der Waals surface area contributed by atoms with Gasteiger partial charge in [0.1, 0.15) is 5.82 Å². The molecule has 1 saturated heterocycles. The summed E-state index contributed by atoms with van der Waals surface area (Å²) in [4.78, 5) is 39.3. The Kier molecular flexibility index (Phi) is 9.52. The van der Waals surface area contributed by atoms with Crippen LogP contribution in [0.15, 0.2) is 59.5 Å². The highest BCUT2D eigenvalue weighted by molar-refractivity contribution is 14.1. The van der Waals surface area contributed by atoms with E-state index >= 15 is 0 Å². The van der Waals surface area contributed by atoms with Gasteiger partial charge in [-0.15, -0.1) is 0 Å². The van der Waals surface area contributed by atoms with Crippen LogP contribution in [-0.4, -0.2) is 35.2 Å². The zero-order chi connectivity index (χ0) is 28.1. The minimum Gasteiger partial charge on any atom is -0.490 e. The van der Waals surface area contributed by atoms with Crippen molar-refractivity contribution >= 4 is 74.8 Å². The summed E-state index contributed by atoms with van der Waals surface area (Å²) in [5.41, 5.74) is 2.73. The van der Waals surface area contributed by atoms with Gasteiger partial charge in [0.25, 0.3) is 17.1 Å². The summed E-state index contributed by atoms with van der Waals surface area (Å²) in [5, 5.41) is 2.89. The molecule has 7 nitrogen and oxygen atoms in total. The molecule has 1 fully saturated rings. The van der Waals surface area contributed by atoms with Gasteiger partial charge in [-0.2, -0.15) is 0 Å². The van der Waals surface area contributed by atoms with Gasteiger partial charge in [0.05, 0.1) is 21.6 Å². The highest BCUT2D eigenvalue weighted by Gasteiger charge is 2.35. The van der Waals surface area contributed by atoms with Crippen LogP contribution in [-0.2, 0) is 16.1 Å². The number of nitrogens with one attached hydrogen (secondary N) is 1. The number of hydrogen-bond donors (Lipinski definition) is 1. The van der Waals surface area contributed by atoms with E-state index in [-0.39, 0.29) is 24.0 Å². The van der Waals surface area contributed by atoms with Crippen molar-refractivity contribution in [3.63, 3.8) is 0 Å². The van der Waals surface area contributed by atoms with Gasteiger partial charge >= 0.3 is 0 Å². The lowest BCUT2D eigenvalue weighted by Crippen LogP contribution is -2.27. The number of aryl methyl sites for hydroxylation is 1. The topological polar surface area (TPSA) is 84.9 Å². The second-order valence-electron chi connectivity index (χ2n) is 8.46. The van der Waals surface area contributed by atoms with E-state index in [1.165, 1.54) is 24.3 Å². The molecule has 0 radical (unpaired) electrons. The first-order valence-electron chi connectivity index (χ1n) is 11.8. The Balaban J connectivity index is 1.48. The van der Waals surface area contributed by atoms with Crippen molar-refractivity contribution in [2.75, 3.05) is 18.5 Å². The smallest absolute Gasteiger partial charge is 0.293 e. The van der Waals surface area contributed by atoms with Gasteiger partial charge in [0.15, 0.2) is 18.1 Å². The third kappa shape index (κ3) is 7.31. The maximum absolute atomic E-state index is 13.2. The van der Waals surface area contributed by atoms with Crippen LogP contribution >= 0.6 is 46.0 Å². The van der Waals surface area contributed by atoms with E-state index in [9.17, 15) is 18.8 Å². The summed E-state index contributed by atoms with van der Waals surface area (Å²) in [6.45, 7) is 3.82. The fourth-order valence-electron chi connectivity index (χ4n) is 3.64. The Bertz CT molecular complexity index is 1470. The molecular weight excluding hydrogens is 658 g/mol. The number of ether oxygens (including phenoxy) is 2. The number of nitrogens with zero attached hydrogens (tertiary/aromatic N) is 1. The Morgan fingerprint density at radius 3 is 2.56 bits per heavy atom. The molecule has 3 aromatic rings. The fraction of sp³-hybridized carbons (Fsp3) is 0.179. The van der Waals surface area contributed by atoms with Gasteiger partial charge in [-0.3, -0.25) is 19.3 Å². The molecule has 3 aromatic carbocycles. The third-order valence-corrected chi connectivity index (χ3v) is 7.68. The van der Waals surface area contributed by atoms with Crippen LogP contribution in [0.3, 0.4) is 0 Å². The Morgan fingerprint density at radius 2 is 1.87 bits per heavy atom. The Labute approximate surface area is 247 Å². The monoisotopic (exact) mass is 680 g/mol. The molecule has 0 unspecified atom stereocenters. The van der Waals surface area contributed by atoms with E-state index in [1.807, 2.05) is 19.9 Å². The first-order valence-corrected chi connectivity index (χ1v) is 14.1. The van der Waals surface area contributed by atoms with Crippen molar-refractivity contribution in [3.8, 4) is 11.5 Å². The van der Waals surface area contributed by atoms with Crippen molar-refractivity contribution in [2.24, 2.45) is 0 Å².